The number of nitrogens with one attached hydrogen (secondary N) is 1. The number of carbonyl (C=O) groups is 2. The fourth-order valence-electron chi connectivity index (χ4n) is 4.89. The van der Waals surface area contributed by atoms with Crippen molar-refractivity contribution in [1.29, 1.82) is 0 Å². The molecule has 0 spiro atoms. The highest BCUT2D eigenvalue weighted by Crippen LogP contribution is 2.32. The maximum atomic E-state index is 13.5. The maximum absolute atomic E-state index is 13.5. The molecule has 0 saturated heterocycles. The van der Waals surface area contributed by atoms with Crippen LogP contribution in [0.15, 0.2) is 48.5 Å². The average Bonchev–Trinajstić information content (AvgIpc) is 2.87. The molecule has 4 rings (SSSR count). The Balaban J connectivity index is 1.55. The lowest BCUT2D eigenvalue weighted by molar-refractivity contribution is -0.121. The first-order valence-corrected chi connectivity index (χ1v) is 11.1. The number of anilines is 2. The predicted octanol–water partition coefficient (Wildman–Crippen LogP) is 4.02. The van der Waals surface area contributed by atoms with Gasteiger partial charge in [-0.25, -0.2) is 0 Å². The number of nitrogens with zero attached hydrogens (tertiary/aromatic N) is 2. The fraction of sp³-hybridized carbons (Fsp3) is 0.440. The number of fused-ring (bicyclic) bond motifs is 2. The number of rotatable bonds is 5. The van der Waals surface area contributed by atoms with Gasteiger partial charge in [0.2, 0.25) is 11.8 Å². The van der Waals surface area contributed by atoms with Crippen molar-refractivity contribution in [2.75, 3.05) is 23.3 Å². The van der Waals surface area contributed by atoms with E-state index in [4.69, 9.17) is 0 Å². The topological polar surface area (TPSA) is 52.7 Å². The fourth-order valence-corrected chi connectivity index (χ4v) is 4.89. The highest BCUT2D eigenvalue weighted by molar-refractivity contribution is 6.04. The molecule has 0 radical (unpaired) electrons. The molecular weight excluding hydrogens is 374 g/mol. The molecule has 158 valence electrons. The van der Waals surface area contributed by atoms with Gasteiger partial charge in [0.15, 0.2) is 0 Å². The van der Waals surface area contributed by atoms with Crippen LogP contribution >= 0.6 is 0 Å². The van der Waals surface area contributed by atoms with Gasteiger partial charge in [0.05, 0.1) is 17.9 Å². The van der Waals surface area contributed by atoms with Gasteiger partial charge in [-0.2, -0.15) is 0 Å². The van der Waals surface area contributed by atoms with Crippen LogP contribution in [0.1, 0.15) is 44.2 Å². The molecule has 1 heterocycles. The SMILES string of the molecule is CCCN(CC(=O)N1c2ccccc2NC(=O)CC1C)C1CCc2ccccc2C1. The lowest BCUT2D eigenvalue weighted by Gasteiger charge is -2.37. The van der Waals surface area contributed by atoms with Crippen molar-refractivity contribution in [3.63, 3.8) is 0 Å². The minimum absolute atomic E-state index is 0.0421. The standard InChI is InChI=1S/C25H31N3O2/c1-3-14-27(21-13-12-19-8-4-5-9-20(19)16-21)17-25(30)28-18(2)15-24(29)26-22-10-6-7-11-23(22)28/h4-11,18,21H,3,12-17H2,1-2H3,(H,26,29). The molecule has 2 aromatic rings. The second-order valence-corrected chi connectivity index (χ2v) is 8.52. The van der Waals surface area contributed by atoms with Crippen LogP contribution in [0, 0.1) is 0 Å². The Labute approximate surface area is 179 Å². The highest BCUT2D eigenvalue weighted by Gasteiger charge is 2.32. The summed E-state index contributed by atoms with van der Waals surface area (Å²) in [6.07, 6.45) is 4.46. The van der Waals surface area contributed by atoms with E-state index < -0.39 is 0 Å². The van der Waals surface area contributed by atoms with Gasteiger partial charge < -0.3 is 10.2 Å². The largest absolute Gasteiger partial charge is 0.324 e. The zero-order valence-corrected chi connectivity index (χ0v) is 17.9. The summed E-state index contributed by atoms with van der Waals surface area (Å²) in [6, 6.07) is 16.5. The molecule has 0 saturated carbocycles. The van der Waals surface area contributed by atoms with Gasteiger partial charge >= 0.3 is 0 Å². The normalized spacial score (nSPS) is 20.9. The van der Waals surface area contributed by atoms with Crippen LogP contribution in [0.4, 0.5) is 11.4 Å². The number of carbonyl (C=O) groups excluding carboxylic acids is 2. The van der Waals surface area contributed by atoms with Crippen LogP contribution in [-0.4, -0.2) is 41.9 Å². The second kappa shape index (κ2) is 9.00. The van der Waals surface area contributed by atoms with E-state index in [0.717, 1.165) is 37.9 Å². The summed E-state index contributed by atoms with van der Waals surface area (Å²) in [5.74, 6) is 0.0262. The molecule has 0 bridgehead atoms. The third-order valence-electron chi connectivity index (χ3n) is 6.31. The first-order chi connectivity index (χ1) is 14.6. The molecular formula is C25H31N3O2. The monoisotopic (exact) mass is 405 g/mol. The van der Waals surface area contributed by atoms with E-state index in [1.54, 1.807) is 0 Å². The number of hydrogen-bond donors (Lipinski definition) is 1. The molecule has 0 aromatic heterocycles. The Morgan fingerprint density at radius 2 is 1.83 bits per heavy atom. The summed E-state index contributed by atoms with van der Waals surface area (Å²) >= 11 is 0. The van der Waals surface area contributed by atoms with Gasteiger partial charge in [0, 0.05) is 18.5 Å². The third-order valence-corrected chi connectivity index (χ3v) is 6.31. The van der Waals surface area contributed by atoms with Gasteiger partial charge in [-0.15, -0.1) is 0 Å². The second-order valence-electron chi connectivity index (χ2n) is 8.52. The first kappa shape index (κ1) is 20.6. The summed E-state index contributed by atoms with van der Waals surface area (Å²) in [4.78, 5) is 30.0. The van der Waals surface area contributed by atoms with E-state index >= 15 is 0 Å². The zero-order chi connectivity index (χ0) is 21.1. The zero-order valence-electron chi connectivity index (χ0n) is 17.9. The number of aryl methyl sites for hydroxylation is 1. The van der Waals surface area contributed by atoms with Gasteiger partial charge in [0.25, 0.3) is 0 Å². The average molecular weight is 406 g/mol. The summed E-state index contributed by atoms with van der Waals surface area (Å²) in [7, 11) is 0. The maximum Gasteiger partial charge on any atom is 0.241 e. The van der Waals surface area contributed by atoms with E-state index in [9.17, 15) is 9.59 Å². The smallest absolute Gasteiger partial charge is 0.241 e. The molecule has 1 aliphatic heterocycles. The van der Waals surface area contributed by atoms with Crippen LogP contribution < -0.4 is 10.2 Å². The van der Waals surface area contributed by atoms with Crippen LogP contribution in [0.25, 0.3) is 0 Å². The molecule has 2 unspecified atom stereocenters. The van der Waals surface area contributed by atoms with Gasteiger partial charge in [-0.3, -0.25) is 14.5 Å². The van der Waals surface area contributed by atoms with Gasteiger partial charge in [0.1, 0.15) is 0 Å². The first-order valence-electron chi connectivity index (χ1n) is 11.1. The van der Waals surface area contributed by atoms with E-state index in [1.165, 1.54) is 11.1 Å². The van der Waals surface area contributed by atoms with Gasteiger partial charge in [-0.1, -0.05) is 43.3 Å². The Bertz CT molecular complexity index is 926. The Kier molecular flexibility index (Phi) is 6.18. The van der Waals surface area contributed by atoms with Crippen LogP contribution in [0.2, 0.25) is 0 Å². The summed E-state index contributed by atoms with van der Waals surface area (Å²) in [5, 5.41) is 2.94. The summed E-state index contributed by atoms with van der Waals surface area (Å²) in [6.45, 7) is 5.41. The van der Waals surface area contributed by atoms with Crippen molar-refractivity contribution < 1.29 is 9.59 Å². The molecule has 2 aromatic carbocycles. The molecule has 1 N–H and O–H groups in total. The number of benzene rings is 2. The molecule has 2 amide bonds. The van der Waals surface area contributed by atoms with Crippen molar-refractivity contribution in [1.82, 2.24) is 4.90 Å². The minimum Gasteiger partial charge on any atom is -0.324 e. The molecule has 0 fully saturated rings. The molecule has 2 atom stereocenters. The Morgan fingerprint density at radius 3 is 2.63 bits per heavy atom. The van der Waals surface area contributed by atoms with Crippen molar-refractivity contribution in [3.05, 3.63) is 59.7 Å². The minimum atomic E-state index is -0.170. The highest BCUT2D eigenvalue weighted by atomic mass is 16.2. The van der Waals surface area contributed by atoms with Crippen molar-refractivity contribution in [3.8, 4) is 0 Å². The molecule has 5 nitrogen and oxygen atoms in total. The van der Waals surface area contributed by atoms with E-state index in [-0.39, 0.29) is 17.9 Å². The molecule has 1 aliphatic carbocycles. The van der Waals surface area contributed by atoms with E-state index in [1.807, 2.05) is 36.1 Å². The van der Waals surface area contributed by atoms with Crippen LogP contribution in [-0.2, 0) is 22.4 Å². The van der Waals surface area contributed by atoms with Crippen LogP contribution in [0.5, 0.6) is 0 Å². The number of amides is 2. The Morgan fingerprint density at radius 1 is 1.10 bits per heavy atom. The molecule has 2 aliphatic rings. The molecule has 5 heteroatoms. The van der Waals surface area contributed by atoms with Gasteiger partial charge in [-0.05, 0) is 62.4 Å². The number of para-hydroxylation sites is 2. The number of hydrogen-bond acceptors (Lipinski definition) is 3. The van der Waals surface area contributed by atoms with Crippen LogP contribution in [0.3, 0.4) is 0 Å². The lowest BCUT2D eigenvalue weighted by Crippen LogP contribution is -2.49. The molecule has 30 heavy (non-hydrogen) atoms. The van der Waals surface area contributed by atoms with E-state index in [2.05, 4.69) is 41.4 Å². The third kappa shape index (κ3) is 4.26. The Hall–Kier alpha value is -2.66. The quantitative estimate of drug-likeness (QED) is 0.817. The summed E-state index contributed by atoms with van der Waals surface area (Å²) in [5.41, 5.74) is 4.36. The lowest BCUT2D eigenvalue weighted by atomic mass is 9.87. The van der Waals surface area contributed by atoms with E-state index in [0.29, 0.717) is 24.7 Å². The van der Waals surface area contributed by atoms with Crippen molar-refractivity contribution in [2.24, 2.45) is 0 Å². The predicted molar refractivity (Wildman–Crippen MR) is 121 cm³/mol. The van der Waals surface area contributed by atoms with Crippen molar-refractivity contribution >= 4 is 23.2 Å². The summed E-state index contributed by atoms with van der Waals surface area (Å²) < 4.78 is 0. The van der Waals surface area contributed by atoms with Crippen molar-refractivity contribution in [2.45, 2.75) is 58.0 Å².